The van der Waals surface area contributed by atoms with Crippen LogP contribution in [0.4, 0.5) is 15.0 Å². The Morgan fingerprint density at radius 1 is 1.28 bits per heavy atom. The standard InChI is InChI=1S/C19H17FN6O3/c1-10-2-3-12-6-11(20)7-14(23-12)15-9-29-19(28)26(15)16-4-5-25-17(24-16)13(8-21-25)18(27)22-10/h4-8,10,15H,2-3,9H2,1H3,(H,22,27)/t10-,15-/m1/s1. The molecule has 1 fully saturated rings. The van der Waals surface area contributed by atoms with Crippen molar-refractivity contribution < 1.29 is 18.7 Å². The molecule has 1 saturated heterocycles. The molecule has 5 rings (SSSR count). The molecule has 0 radical (unpaired) electrons. The molecule has 3 aromatic rings. The number of carbonyl (C=O) groups excluding carboxylic acids is 2. The maximum Gasteiger partial charge on any atom is 0.416 e. The SMILES string of the molecule is C[C@@H]1CCc2cc(F)cc(n2)[C@H]2COC(=O)N2c2ccn3ncc(c3n2)C(=O)N1. The molecule has 29 heavy (non-hydrogen) atoms. The smallest absolute Gasteiger partial charge is 0.416 e. The number of aryl methyl sites for hydroxylation is 1. The summed E-state index contributed by atoms with van der Waals surface area (Å²) in [7, 11) is 0. The monoisotopic (exact) mass is 396 g/mol. The first-order valence-electron chi connectivity index (χ1n) is 9.27. The van der Waals surface area contributed by atoms with Crippen LogP contribution in [0, 0.1) is 5.82 Å². The van der Waals surface area contributed by atoms with Gasteiger partial charge < -0.3 is 10.1 Å². The minimum Gasteiger partial charge on any atom is -0.446 e. The molecule has 3 aromatic heterocycles. The van der Waals surface area contributed by atoms with E-state index in [1.165, 1.54) is 27.7 Å². The first-order valence-corrected chi connectivity index (χ1v) is 9.27. The van der Waals surface area contributed by atoms with Crippen molar-refractivity contribution in [2.75, 3.05) is 11.5 Å². The Balaban J connectivity index is 1.70. The number of amides is 2. The number of pyridine rings is 1. The molecule has 10 heteroatoms. The summed E-state index contributed by atoms with van der Waals surface area (Å²) in [6.07, 6.45) is 3.49. The van der Waals surface area contributed by atoms with Crippen LogP contribution < -0.4 is 10.2 Å². The first-order chi connectivity index (χ1) is 14.0. The highest BCUT2D eigenvalue weighted by Crippen LogP contribution is 2.32. The number of cyclic esters (lactones) is 1. The molecule has 0 spiro atoms. The normalized spacial score (nSPS) is 21.7. The second-order valence-electron chi connectivity index (χ2n) is 7.19. The van der Waals surface area contributed by atoms with E-state index in [2.05, 4.69) is 20.4 Å². The second-order valence-corrected chi connectivity index (χ2v) is 7.19. The Labute approximate surface area is 164 Å². The Morgan fingerprint density at radius 3 is 3.00 bits per heavy atom. The highest BCUT2D eigenvalue weighted by molar-refractivity contribution is 6.00. The lowest BCUT2D eigenvalue weighted by atomic mass is 10.1. The van der Waals surface area contributed by atoms with Crippen LogP contribution in [0.2, 0.25) is 0 Å². The van der Waals surface area contributed by atoms with E-state index in [1.54, 1.807) is 12.3 Å². The highest BCUT2D eigenvalue weighted by Gasteiger charge is 2.38. The van der Waals surface area contributed by atoms with Crippen LogP contribution in [0.5, 0.6) is 0 Å². The van der Waals surface area contributed by atoms with Gasteiger partial charge in [-0.15, -0.1) is 0 Å². The molecular formula is C19H17FN6O3. The molecule has 0 aromatic carbocycles. The number of carbonyl (C=O) groups is 2. The third-order valence-electron chi connectivity index (χ3n) is 5.13. The van der Waals surface area contributed by atoms with Gasteiger partial charge in [0.1, 0.15) is 29.8 Å². The van der Waals surface area contributed by atoms with E-state index in [4.69, 9.17) is 4.74 Å². The number of rotatable bonds is 0. The topological polar surface area (TPSA) is 102 Å². The first kappa shape index (κ1) is 17.5. The number of fused-ring (bicyclic) bond motifs is 6. The van der Waals surface area contributed by atoms with Crippen LogP contribution >= 0.6 is 0 Å². The number of aromatic nitrogens is 4. The van der Waals surface area contributed by atoms with E-state index in [0.29, 0.717) is 35.4 Å². The molecule has 2 aliphatic heterocycles. The second kappa shape index (κ2) is 6.50. The summed E-state index contributed by atoms with van der Waals surface area (Å²) in [6, 6.07) is 3.49. The van der Waals surface area contributed by atoms with Gasteiger partial charge in [0.05, 0.1) is 11.9 Å². The summed E-state index contributed by atoms with van der Waals surface area (Å²) >= 11 is 0. The van der Waals surface area contributed by atoms with E-state index in [-0.39, 0.29) is 24.4 Å². The number of hydrogen-bond acceptors (Lipinski definition) is 6. The molecule has 1 N–H and O–H groups in total. The molecule has 5 heterocycles. The summed E-state index contributed by atoms with van der Waals surface area (Å²) < 4.78 is 20.9. The van der Waals surface area contributed by atoms with Crippen molar-refractivity contribution in [1.82, 2.24) is 24.9 Å². The quantitative estimate of drug-likeness (QED) is 0.624. The summed E-state index contributed by atoms with van der Waals surface area (Å²) in [6.45, 7) is 1.91. The fourth-order valence-electron chi connectivity index (χ4n) is 3.66. The van der Waals surface area contributed by atoms with Gasteiger partial charge in [0.15, 0.2) is 5.65 Å². The third kappa shape index (κ3) is 2.96. The zero-order chi connectivity index (χ0) is 20.1. The summed E-state index contributed by atoms with van der Waals surface area (Å²) in [5.41, 5.74) is 1.57. The Morgan fingerprint density at radius 2 is 2.14 bits per heavy atom. The summed E-state index contributed by atoms with van der Waals surface area (Å²) in [4.78, 5) is 35.5. The minimum absolute atomic E-state index is 0.0323. The van der Waals surface area contributed by atoms with Gasteiger partial charge in [-0.1, -0.05) is 0 Å². The zero-order valence-electron chi connectivity index (χ0n) is 15.5. The predicted octanol–water partition coefficient (Wildman–Crippen LogP) is 2.03. The van der Waals surface area contributed by atoms with Gasteiger partial charge in [0.25, 0.3) is 5.91 Å². The molecule has 9 nitrogen and oxygen atoms in total. The van der Waals surface area contributed by atoms with Gasteiger partial charge in [-0.2, -0.15) is 5.10 Å². The molecule has 0 aliphatic carbocycles. The van der Waals surface area contributed by atoms with Gasteiger partial charge in [-0.25, -0.2) is 23.6 Å². The van der Waals surface area contributed by atoms with E-state index in [1.807, 2.05) is 6.92 Å². The average Bonchev–Trinajstić information content (AvgIpc) is 3.28. The molecule has 4 bridgehead atoms. The lowest BCUT2D eigenvalue weighted by molar-refractivity contribution is 0.0939. The molecular weight excluding hydrogens is 379 g/mol. The summed E-state index contributed by atoms with van der Waals surface area (Å²) in [5.74, 6) is -0.477. The molecule has 148 valence electrons. The van der Waals surface area contributed by atoms with E-state index in [9.17, 15) is 14.0 Å². The number of ether oxygens (including phenoxy) is 1. The van der Waals surface area contributed by atoms with Gasteiger partial charge in [0, 0.05) is 17.9 Å². The maximum absolute atomic E-state index is 14.3. The predicted molar refractivity (Wildman–Crippen MR) is 99.0 cm³/mol. The van der Waals surface area contributed by atoms with Crippen molar-refractivity contribution in [3.8, 4) is 0 Å². The highest BCUT2D eigenvalue weighted by atomic mass is 19.1. The van der Waals surface area contributed by atoms with Gasteiger partial charge >= 0.3 is 6.09 Å². The van der Waals surface area contributed by atoms with Crippen LogP contribution in [0.15, 0.2) is 30.6 Å². The molecule has 0 saturated carbocycles. The van der Waals surface area contributed by atoms with Gasteiger partial charge in [0.2, 0.25) is 0 Å². The minimum atomic E-state index is -0.618. The Kier molecular flexibility index (Phi) is 3.93. The lowest BCUT2D eigenvalue weighted by Gasteiger charge is -2.21. The average molecular weight is 396 g/mol. The van der Waals surface area contributed by atoms with Crippen LogP contribution in [0.3, 0.4) is 0 Å². The number of nitrogens with one attached hydrogen (secondary N) is 1. The third-order valence-corrected chi connectivity index (χ3v) is 5.13. The zero-order valence-corrected chi connectivity index (χ0v) is 15.5. The molecule has 2 aliphatic rings. The fourth-order valence-corrected chi connectivity index (χ4v) is 3.66. The Bertz CT molecular complexity index is 1150. The van der Waals surface area contributed by atoms with Crippen molar-refractivity contribution in [3.63, 3.8) is 0 Å². The molecule has 2 amide bonds. The number of nitrogens with zero attached hydrogens (tertiary/aromatic N) is 5. The maximum atomic E-state index is 14.3. The molecule has 2 atom stereocenters. The largest absolute Gasteiger partial charge is 0.446 e. The van der Waals surface area contributed by atoms with Gasteiger partial charge in [-0.3, -0.25) is 9.78 Å². The summed E-state index contributed by atoms with van der Waals surface area (Å²) in [5, 5.41) is 7.07. The van der Waals surface area contributed by atoms with E-state index in [0.717, 1.165) is 0 Å². The molecule has 0 unspecified atom stereocenters. The van der Waals surface area contributed by atoms with E-state index < -0.39 is 18.0 Å². The van der Waals surface area contributed by atoms with Gasteiger partial charge in [-0.05, 0) is 38.0 Å². The lowest BCUT2D eigenvalue weighted by Crippen LogP contribution is -2.33. The van der Waals surface area contributed by atoms with E-state index >= 15 is 0 Å². The number of hydrogen-bond donors (Lipinski definition) is 1. The fraction of sp³-hybridized carbons (Fsp3) is 0.316. The van der Waals surface area contributed by atoms with Crippen LogP contribution in [0.1, 0.15) is 41.1 Å². The van der Waals surface area contributed by atoms with Crippen LogP contribution in [-0.2, 0) is 11.2 Å². The number of anilines is 1. The van der Waals surface area contributed by atoms with Crippen LogP contribution in [-0.4, -0.2) is 44.2 Å². The number of halogens is 1. The van der Waals surface area contributed by atoms with Crippen molar-refractivity contribution in [3.05, 3.63) is 53.4 Å². The van der Waals surface area contributed by atoms with Crippen molar-refractivity contribution in [2.45, 2.75) is 31.8 Å². The van der Waals surface area contributed by atoms with Crippen molar-refractivity contribution >= 4 is 23.5 Å². The van der Waals surface area contributed by atoms with Crippen LogP contribution in [0.25, 0.3) is 5.65 Å². The Hall–Kier alpha value is -3.56. The van der Waals surface area contributed by atoms with Crippen molar-refractivity contribution in [1.29, 1.82) is 0 Å². The van der Waals surface area contributed by atoms with Crippen molar-refractivity contribution in [2.24, 2.45) is 0 Å².